The molecule has 1 rings (SSSR count). The van der Waals surface area contributed by atoms with E-state index >= 15 is 0 Å². The van der Waals surface area contributed by atoms with Crippen molar-refractivity contribution in [3.8, 4) is 5.75 Å². The molecule has 0 aliphatic rings. The molecule has 0 saturated heterocycles. The molecule has 0 aromatic heterocycles. The second kappa shape index (κ2) is 7.22. The Bertz CT molecular complexity index is 281. The molecule has 0 amide bonds. The molecule has 1 aromatic rings. The number of nitrogens with two attached hydrogens (primary N) is 2. The molecule has 1 aromatic carbocycles. The van der Waals surface area contributed by atoms with Gasteiger partial charge in [0.15, 0.2) is 0 Å². The average Bonchev–Trinajstić information content (AvgIpc) is 2.29. The Morgan fingerprint density at radius 3 is 2.00 bits per heavy atom. The smallest absolute Gasteiger partial charge is 0.115 e. The first kappa shape index (κ1) is 13.0. The van der Waals surface area contributed by atoms with Crippen molar-refractivity contribution in [2.24, 2.45) is 11.5 Å². The number of phenolic OH excluding ortho intramolecular Hbond substituents is 1. The first-order valence-corrected chi connectivity index (χ1v) is 5.66. The van der Waals surface area contributed by atoms with Gasteiger partial charge in [-0.2, -0.15) is 0 Å². The van der Waals surface area contributed by atoms with E-state index in [0.29, 0.717) is 18.8 Å². The van der Waals surface area contributed by atoms with Crippen molar-refractivity contribution >= 4 is 0 Å². The number of hydrogen-bond donors (Lipinski definition) is 3. The molecule has 16 heavy (non-hydrogen) atoms. The van der Waals surface area contributed by atoms with Gasteiger partial charge in [-0.05, 0) is 24.1 Å². The van der Waals surface area contributed by atoms with E-state index in [1.807, 2.05) is 12.1 Å². The summed E-state index contributed by atoms with van der Waals surface area (Å²) in [6.45, 7) is 4.05. The summed E-state index contributed by atoms with van der Waals surface area (Å²) < 4.78 is 0. The van der Waals surface area contributed by atoms with Crippen LogP contribution in [-0.4, -0.2) is 42.7 Å². The van der Waals surface area contributed by atoms with E-state index in [4.69, 9.17) is 16.6 Å². The second-order valence-electron chi connectivity index (χ2n) is 3.84. The number of nitrogens with zero attached hydrogens (tertiary/aromatic N) is 1. The molecule has 0 atom stereocenters. The summed E-state index contributed by atoms with van der Waals surface area (Å²) in [5.41, 5.74) is 12.3. The van der Waals surface area contributed by atoms with Crippen molar-refractivity contribution in [3.05, 3.63) is 29.8 Å². The third kappa shape index (κ3) is 4.61. The van der Waals surface area contributed by atoms with Crippen molar-refractivity contribution in [2.75, 3.05) is 32.7 Å². The van der Waals surface area contributed by atoms with Crippen molar-refractivity contribution < 1.29 is 5.11 Å². The van der Waals surface area contributed by atoms with E-state index in [-0.39, 0.29) is 0 Å². The average molecular weight is 223 g/mol. The SMILES string of the molecule is NCCN(CCN)CCc1ccc(O)cc1. The highest BCUT2D eigenvalue weighted by Gasteiger charge is 2.02. The Hall–Kier alpha value is -1.10. The van der Waals surface area contributed by atoms with Gasteiger partial charge < -0.3 is 21.5 Å². The maximum Gasteiger partial charge on any atom is 0.115 e. The monoisotopic (exact) mass is 223 g/mol. The van der Waals surface area contributed by atoms with Crippen molar-refractivity contribution in [3.63, 3.8) is 0 Å². The van der Waals surface area contributed by atoms with Crippen LogP contribution in [0.15, 0.2) is 24.3 Å². The molecule has 0 spiro atoms. The maximum atomic E-state index is 9.16. The van der Waals surface area contributed by atoms with Gasteiger partial charge in [0.2, 0.25) is 0 Å². The van der Waals surface area contributed by atoms with E-state index in [0.717, 1.165) is 26.1 Å². The summed E-state index contributed by atoms with van der Waals surface area (Å²) in [4.78, 5) is 2.26. The molecule has 0 heterocycles. The van der Waals surface area contributed by atoms with Crippen molar-refractivity contribution in [1.29, 1.82) is 0 Å². The van der Waals surface area contributed by atoms with Gasteiger partial charge in [0.25, 0.3) is 0 Å². The van der Waals surface area contributed by atoms with Gasteiger partial charge in [-0.15, -0.1) is 0 Å². The molecule has 4 nitrogen and oxygen atoms in total. The first-order valence-electron chi connectivity index (χ1n) is 5.66. The quantitative estimate of drug-likeness (QED) is 0.615. The molecule has 4 heteroatoms. The highest BCUT2D eigenvalue weighted by Crippen LogP contribution is 2.10. The number of hydrogen-bond acceptors (Lipinski definition) is 4. The largest absolute Gasteiger partial charge is 0.508 e. The van der Waals surface area contributed by atoms with Crippen LogP contribution in [0.1, 0.15) is 5.56 Å². The number of aromatic hydroxyl groups is 1. The predicted octanol–water partition coefficient (Wildman–Crippen LogP) is 0.154. The Labute approximate surface area is 96.9 Å². The predicted molar refractivity (Wildman–Crippen MR) is 66.4 cm³/mol. The van der Waals surface area contributed by atoms with Gasteiger partial charge in [0, 0.05) is 32.7 Å². The van der Waals surface area contributed by atoms with E-state index in [9.17, 15) is 0 Å². The molecule has 0 unspecified atom stereocenters. The summed E-state index contributed by atoms with van der Waals surface area (Å²) in [7, 11) is 0. The first-order chi connectivity index (χ1) is 7.76. The number of phenols is 1. The highest BCUT2D eigenvalue weighted by molar-refractivity contribution is 5.25. The molecule has 0 fully saturated rings. The normalized spacial score (nSPS) is 10.9. The number of benzene rings is 1. The fourth-order valence-corrected chi connectivity index (χ4v) is 1.65. The summed E-state index contributed by atoms with van der Waals surface area (Å²) in [5.74, 6) is 0.310. The van der Waals surface area contributed by atoms with Crippen LogP contribution in [0.2, 0.25) is 0 Å². The molecule has 0 radical (unpaired) electrons. The molecular formula is C12H21N3O. The van der Waals surface area contributed by atoms with Crippen LogP contribution >= 0.6 is 0 Å². The van der Waals surface area contributed by atoms with Gasteiger partial charge >= 0.3 is 0 Å². The van der Waals surface area contributed by atoms with Crippen molar-refractivity contribution in [2.45, 2.75) is 6.42 Å². The number of rotatable bonds is 7. The molecule has 0 aliphatic heterocycles. The zero-order chi connectivity index (χ0) is 11.8. The summed E-state index contributed by atoms with van der Waals surface area (Å²) >= 11 is 0. The summed E-state index contributed by atoms with van der Waals surface area (Å²) in [6, 6.07) is 7.31. The summed E-state index contributed by atoms with van der Waals surface area (Å²) in [5, 5.41) is 9.16. The molecule has 90 valence electrons. The molecule has 0 aliphatic carbocycles. The third-order valence-corrected chi connectivity index (χ3v) is 2.54. The zero-order valence-electron chi connectivity index (χ0n) is 9.60. The Kier molecular flexibility index (Phi) is 5.85. The van der Waals surface area contributed by atoms with E-state index < -0.39 is 0 Å². The fourth-order valence-electron chi connectivity index (χ4n) is 1.65. The maximum absolute atomic E-state index is 9.16. The van der Waals surface area contributed by atoms with Crippen LogP contribution in [0.3, 0.4) is 0 Å². The molecular weight excluding hydrogens is 202 g/mol. The van der Waals surface area contributed by atoms with Crippen LogP contribution < -0.4 is 11.5 Å². The van der Waals surface area contributed by atoms with Crippen LogP contribution in [-0.2, 0) is 6.42 Å². The van der Waals surface area contributed by atoms with Gasteiger partial charge in [-0.1, -0.05) is 12.1 Å². The van der Waals surface area contributed by atoms with Gasteiger partial charge in [-0.3, -0.25) is 0 Å². The van der Waals surface area contributed by atoms with Gasteiger partial charge in [0.1, 0.15) is 5.75 Å². The lowest BCUT2D eigenvalue weighted by Crippen LogP contribution is -2.35. The van der Waals surface area contributed by atoms with Crippen LogP contribution in [0.5, 0.6) is 5.75 Å². The van der Waals surface area contributed by atoms with Gasteiger partial charge in [-0.25, -0.2) is 0 Å². The zero-order valence-corrected chi connectivity index (χ0v) is 9.60. The minimum atomic E-state index is 0.310. The van der Waals surface area contributed by atoms with Crippen LogP contribution in [0, 0.1) is 0 Å². The van der Waals surface area contributed by atoms with E-state index in [2.05, 4.69) is 4.90 Å². The van der Waals surface area contributed by atoms with Crippen LogP contribution in [0.25, 0.3) is 0 Å². The molecule has 0 bridgehead atoms. The standard InChI is InChI=1S/C12H21N3O/c13-6-9-15(10-7-14)8-5-11-1-3-12(16)4-2-11/h1-4,16H,5-10,13-14H2. The lowest BCUT2D eigenvalue weighted by atomic mass is 10.1. The van der Waals surface area contributed by atoms with E-state index in [1.54, 1.807) is 12.1 Å². The Morgan fingerprint density at radius 1 is 0.938 bits per heavy atom. The second-order valence-corrected chi connectivity index (χ2v) is 3.84. The fraction of sp³-hybridized carbons (Fsp3) is 0.500. The van der Waals surface area contributed by atoms with Crippen LogP contribution in [0.4, 0.5) is 0 Å². The van der Waals surface area contributed by atoms with E-state index in [1.165, 1.54) is 5.56 Å². The lowest BCUT2D eigenvalue weighted by molar-refractivity contribution is 0.292. The molecule has 5 N–H and O–H groups in total. The minimum absolute atomic E-state index is 0.310. The Morgan fingerprint density at radius 2 is 1.50 bits per heavy atom. The van der Waals surface area contributed by atoms with Gasteiger partial charge in [0.05, 0.1) is 0 Å². The highest BCUT2D eigenvalue weighted by atomic mass is 16.3. The molecule has 0 saturated carbocycles. The Balaban J connectivity index is 2.38. The topological polar surface area (TPSA) is 75.5 Å². The van der Waals surface area contributed by atoms with Crippen molar-refractivity contribution in [1.82, 2.24) is 4.90 Å². The minimum Gasteiger partial charge on any atom is -0.508 e. The lowest BCUT2D eigenvalue weighted by Gasteiger charge is -2.20. The third-order valence-electron chi connectivity index (χ3n) is 2.54. The summed E-state index contributed by atoms with van der Waals surface area (Å²) in [6.07, 6.45) is 0.959.